The SMILES string of the molecule is CCCNc1nc(C2CC2)nc(NCCCOCC)c1C. The highest BCUT2D eigenvalue weighted by molar-refractivity contribution is 5.57. The summed E-state index contributed by atoms with van der Waals surface area (Å²) in [7, 11) is 0. The number of rotatable bonds is 10. The fourth-order valence-corrected chi connectivity index (χ4v) is 2.17. The average Bonchev–Trinajstić information content (AvgIpc) is 3.32. The summed E-state index contributed by atoms with van der Waals surface area (Å²) in [6.07, 6.45) is 4.53. The van der Waals surface area contributed by atoms with Gasteiger partial charge in [0, 0.05) is 37.8 Å². The maximum atomic E-state index is 5.37. The molecule has 0 unspecified atom stereocenters. The van der Waals surface area contributed by atoms with Gasteiger partial charge in [0.25, 0.3) is 0 Å². The topological polar surface area (TPSA) is 59.1 Å². The van der Waals surface area contributed by atoms with Gasteiger partial charge in [-0.1, -0.05) is 6.92 Å². The van der Waals surface area contributed by atoms with E-state index in [0.29, 0.717) is 5.92 Å². The van der Waals surface area contributed by atoms with Crippen LogP contribution in [0.25, 0.3) is 0 Å². The highest BCUT2D eigenvalue weighted by Gasteiger charge is 2.28. The van der Waals surface area contributed by atoms with Gasteiger partial charge in [-0.05, 0) is 39.5 Å². The van der Waals surface area contributed by atoms with E-state index in [0.717, 1.165) is 62.2 Å². The lowest BCUT2D eigenvalue weighted by Crippen LogP contribution is -2.13. The molecule has 0 saturated heterocycles. The molecule has 1 fully saturated rings. The molecule has 5 nitrogen and oxygen atoms in total. The zero-order chi connectivity index (χ0) is 15.1. The summed E-state index contributed by atoms with van der Waals surface area (Å²) in [6, 6.07) is 0. The molecule has 2 N–H and O–H groups in total. The largest absolute Gasteiger partial charge is 0.382 e. The van der Waals surface area contributed by atoms with Crippen LogP contribution >= 0.6 is 0 Å². The molecule has 1 aliphatic carbocycles. The van der Waals surface area contributed by atoms with Gasteiger partial charge >= 0.3 is 0 Å². The molecule has 0 aromatic carbocycles. The van der Waals surface area contributed by atoms with E-state index in [2.05, 4.69) is 24.5 Å². The van der Waals surface area contributed by atoms with E-state index in [1.807, 2.05) is 6.92 Å². The first-order valence-electron chi connectivity index (χ1n) is 8.20. The Hall–Kier alpha value is -1.36. The second-order valence-corrected chi connectivity index (χ2v) is 5.58. The molecular formula is C16H28N4O. The first-order chi connectivity index (χ1) is 10.3. The quantitative estimate of drug-likeness (QED) is 0.648. The van der Waals surface area contributed by atoms with Crippen molar-refractivity contribution in [1.29, 1.82) is 0 Å². The van der Waals surface area contributed by atoms with Crippen molar-refractivity contribution < 1.29 is 4.74 Å². The molecule has 1 aromatic rings. The second-order valence-electron chi connectivity index (χ2n) is 5.58. The molecule has 0 bridgehead atoms. The molecule has 21 heavy (non-hydrogen) atoms. The van der Waals surface area contributed by atoms with E-state index >= 15 is 0 Å². The minimum absolute atomic E-state index is 0.566. The highest BCUT2D eigenvalue weighted by atomic mass is 16.5. The average molecular weight is 292 g/mol. The van der Waals surface area contributed by atoms with Gasteiger partial charge in [-0.15, -0.1) is 0 Å². The van der Waals surface area contributed by atoms with Crippen LogP contribution in [-0.4, -0.2) is 36.3 Å². The summed E-state index contributed by atoms with van der Waals surface area (Å²) in [5, 5.41) is 6.86. The lowest BCUT2D eigenvalue weighted by atomic mass is 10.2. The summed E-state index contributed by atoms with van der Waals surface area (Å²) in [6.45, 7) is 9.68. The minimum atomic E-state index is 0.566. The Kier molecular flexibility index (Phi) is 6.23. The number of nitrogens with zero attached hydrogens (tertiary/aromatic N) is 2. The van der Waals surface area contributed by atoms with Crippen LogP contribution in [0.3, 0.4) is 0 Å². The molecule has 0 atom stereocenters. The Labute approximate surface area is 127 Å². The molecule has 0 radical (unpaired) electrons. The van der Waals surface area contributed by atoms with Crippen molar-refractivity contribution in [1.82, 2.24) is 9.97 Å². The van der Waals surface area contributed by atoms with Crippen LogP contribution in [0.5, 0.6) is 0 Å². The van der Waals surface area contributed by atoms with Gasteiger partial charge < -0.3 is 15.4 Å². The molecule has 5 heteroatoms. The van der Waals surface area contributed by atoms with Crippen molar-refractivity contribution in [2.45, 2.75) is 52.4 Å². The van der Waals surface area contributed by atoms with Crippen molar-refractivity contribution in [2.24, 2.45) is 0 Å². The van der Waals surface area contributed by atoms with E-state index < -0.39 is 0 Å². The van der Waals surface area contributed by atoms with Gasteiger partial charge in [0.15, 0.2) is 0 Å². The van der Waals surface area contributed by atoms with E-state index in [9.17, 15) is 0 Å². The van der Waals surface area contributed by atoms with Gasteiger partial charge in [-0.2, -0.15) is 0 Å². The smallest absolute Gasteiger partial charge is 0.136 e. The Bertz CT molecular complexity index is 446. The normalized spacial score (nSPS) is 14.2. The third kappa shape index (κ3) is 4.84. The Morgan fingerprint density at radius 3 is 2.33 bits per heavy atom. The number of ether oxygens (including phenoxy) is 1. The van der Waals surface area contributed by atoms with E-state index in [-0.39, 0.29) is 0 Å². The van der Waals surface area contributed by atoms with E-state index in [4.69, 9.17) is 14.7 Å². The molecule has 1 aromatic heterocycles. The number of anilines is 2. The van der Waals surface area contributed by atoms with Crippen molar-refractivity contribution in [2.75, 3.05) is 36.9 Å². The molecule has 0 aliphatic heterocycles. The fourth-order valence-electron chi connectivity index (χ4n) is 2.17. The molecule has 0 amide bonds. The third-order valence-corrected chi connectivity index (χ3v) is 3.61. The van der Waals surface area contributed by atoms with E-state index in [1.165, 1.54) is 12.8 Å². The van der Waals surface area contributed by atoms with Gasteiger partial charge in [-0.3, -0.25) is 0 Å². The molecule has 118 valence electrons. The predicted octanol–water partition coefficient (Wildman–Crippen LogP) is 3.32. The number of hydrogen-bond acceptors (Lipinski definition) is 5. The van der Waals surface area contributed by atoms with Gasteiger partial charge in [0.2, 0.25) is 0 Å². The Balaban J connectivity index is 2.01. The highest BCUT2D eigenvalue weighted by Crippen LogP contribution is 2.39. The van der Waals surface area contributed by atoms with Crippen molar-refractivity contribution >= 4 is 11.6 Å². The zero-order valence-corrected chi connectivity index (χ0v) is 13.5. The standard InChI is InChI=1S/C16H28N4O/c1-4-9-17-14-12(3)15(18-10-6-11-21-5-2)20-16(19-14)13-7-8-13/h13H,4-11H2,1-3H3,(H2,17,18,19,20). The number of hydrogen-bond donors (Lipinski definition) is 2. The summed E-state index contributed by atoms with van der Waals surface area (Å²) in [4.78, 5) is 9.42. The summed E-state index contributed by atoms with van der Waals surface area (Å²) >= 11 is 0. The molecule has 1 aliphatic rings. The van der Waals surface area contributed by atoms with E-state index in [1.54, 1.807) is 0 Å². The van der Waals surface area contributed by atoms with Crippen LogP contribution in [0.15, 0.2) is 0 Å². The van der Waals surface area contributed by atoms with Crippen molar-refractivity contribution in [3.8, 4) is 0 Å². The molecular weight excluding hydrogens is 264 g/mol. The number of aromatic nitrogens is 2. The lowest BCUT2D eigenvalue weighted by molar-refractivity contribution is 0.147. The van der Waals surface area contributed by atoms with Crippen LogP contribution < -0.4 is 10.6 Å². The van der Waals surface area contributed by atoms with Crippen LogP contribution in [0.4, 0.5) is 11.6 Å². The monoisotopic (exact) mass is 292 g/mol. The first-order valence-corrected chi connectivity index (χ1v) is 8.20. The Morgan fingerprint density at radius 2 is 1.76 bits per heavy atom. The molecule has 2 rings (SSSR count). The third-order valence-electron chi connectivity index (χ3n) is 3.61. The maximum Gasteiger partial charge on any atom is 0.136 e. The first kappa shape index (κ1) is 16.0. The maximum absolute atomic E-state index is 5.37. The summed E-state index contributed by atoms with van der Waals surface area (Å²) in [5.41, 5.74) is 1.12. The molecule has 1 saturated carbocycles. The van der Waals surface area contributed by atoms with Crippen molar-refractivity contribution in [3.63, 3.8) is 0 Å². The zero-order valence-electron chi connectivity index (χ0n) is 13.5. The minimum Gasteiger partial charge on any atom is -0.382 e. The molecule has 0 spiro atoms. The van der Waals surface area contributed by atoms with Crippen LogP contribution in [-0.2, 0) is 4.74 Å². The van der Waals surface area contributed by atoms with Gasteiger partial charge in [0.1, 0.15) is 17.5 Å². The fraction of sp³-hybridized carbons (Fsp3) is 0.750. The predicted molar refractivity (Wildman–Crippen MR) is 87.1 cm³/mol. The lowest BCUT2D eigenvalue weighted by Gasteiger charge is -2.15. The van der Waals surface area contributed by atoms with Crippen LogP contribution in [0.1, 0.15) is 56.8 Å². The van der Waals surface area contributed by atoms with Crippen molar-refractivity contribution in [3.05, 3.63) is 11.4 Å². The van der Waals surface area contributed by atoms with Gasteiger partial charge in [0.05, 0.1) is 0 Å². The van der Waals surface area contributed by atoms with Crippen LogP contribution in [0, 0.1) is 6.92 Å². The molecule has 1 heterocycles. The number of nitrogens with one attached hydrogen (secondary N) is 2. The Morgan fingerprint density at radius 1 is 1.10 bits per heavy atom. The van der Waals surface area contributed by atoms with Gasteiger partial charge in [-0.25, -0.2) is 9.97 Å². The second kappa shape index (κ2) is 8.17. The van der Waals surface area contributed by atoms with Crippen LogP contribution in [0.2, 0.25) is 0 Å². The summed E-state index contributed by atoms with van der Waals surface area (Å²) < 4.78 is 5.37. The summed E-state index contributed by atoms with van der Waals surface area (Å²) in [5.74, 6) is 3.52.